The Balaban J connectivity index is 1.34. The van der Waals surface area contributed by atoms with Gasteiger partial charge in [-0.2, -0.15) is 13.1 Å². The zero-order valence-electron chi connectivity index (χ0n) is 20.2. The van der Waals surface area contributed by atoms with E-state index in [1.807, 2.05) is 0 Å². The minimum absolute atomic E-state index is 0.0272. The normalized spacial score (nSPS) is 15.2. The summed E-state index contributed by atoms with van der Waals surface area (Å²) in [6.45, 7) is 0.608. The first-order chi connectivity index (χ1) is 17.6. The predicted octanol–water partition coefficient (Wildman–Crippen LogP) is 4.58. The summed E-state index contributed by atoms with van der Waals surface area (Å²) in [4.78, 5) is 25.5. The zero-order chi connectivity index (χ0) is 26.7. The number of benzene rings is 1. The Morgan fingerprint density at radius 1 is 1.11 bits per heavy atom. The second-order valence-corrected chi connectivity index (χ2v) is 11.7. The van der Waals surface area contributed by atoms with Crippen LogP contribution in [0.25, 0.3) is 5.69 Å². The van der Waals surface area contributed by atoms with Gasteiger partial charge in [0, 0.05) is 35.7 Å². The van der Waals surface area contributed by atoms with Crippen LogP contribution in [0.1, 0.15) is 34.6 Å². The molecule has 12 heteroatoms. The Morgan fingerprint density at radius 3 is 2.38 bits per heavy atom. The number of ether oxygens (including phenoxy) is 2. The number of alkyl halides is 2. The summed E-state index contributed by atoms with van der Waals surface area (Å²) in [6, 6.07) is 11.0. The van der Waals surface area contributed by atoms with Crippen LogP contribution in [0.4, 0.5) is 8.78 Å². The Bertz CT molecular complexity index is 1360. The number of carbonyl (C=O) groups is 2. The summed E-state index contributed by atoms with van der Waals surface area (Å²) in [5, 5.41) is 1.70. The fraction of sp³-hybridized carbons (Fsp3) is 0.360. The molecule has 3 heterocycles. The first-order valence-electron chi connectivity index (χ1n) is 11.6. The van der Waals surface area contributed by atoms with Crippen molar-refractivity contribution in [2.45, 2.75) is 37.5 Å². The lowest BCUT2D eigenvalue weighted by molar-refractivity contribution is -0.148. The summed E-state index contributed by atoms with van der Waals surface area (Å²) >= 11 is 1.15. The number of ketones is 1. The third kappa shape index (κ3) is 5.91. The van der Waals surface area contributed by atoms with E-state index in [0.717, 1.165) is 17.0 Å². The smallest absolute Gasteiger partial charge is 0.387 e. The van der Waals surface area contributed by atoms with Gasteiger partial charge in [0.1, 0.15) is 9.96 Å². The van der Waals surface area contributed by atoms with E-state index in [2.05, 4.69) is 4.74 Å². The number of thiophene rings is 1. The minimum atomic E-state index is -3.56. The second-order valence-electron chi connectivity index (χ2n) is 8.63. The molecule has 0 amide bonds. The third-order valence-corrected chi connectivity index (χ3v) is 9.55. The average Bonchev–Trinajstić information content (AvgIpc) is 3.51. The van der Waals surface area contributed by atoms with Crippen molar-refractivity contribution in [3.8, 4) is 11.4 Å². The lowest BCUT2D eigenvalue weighted by Crippen LogP contribution is -2.40. The lowest BCUT2D eigenvalue weighted by Gasteiger charge is -2.29. The highest BCUT2D eigenvalue weighted by molar-refractivity contribution is 7.91. The van der Waals surface area contributed by atoms with Crippen LogP contribution in [0.3, 0.4) is 0 Å². The van der Waals surface area contributed by atoms with Crippen molar-refractivity contribution in [2.24, 2.45) is 5.92 Å². The van der Waals surface area contributed by atoms with Gasteiger partial charge < -0.3 is 14.0 Å². The van der Waals surface area contributed by atoms with E-state index in [0.29, 0.717) is 29.8 Å². The van der Waals surface area contributed by atoms with Gasteiger partial charge in [-0.25, -0.2) is 8.42 Å². The summed E-state index contributed by atoms with van der Waals surface area (Å²) < 4.78 is 63.2. The van der Waals surface area contributed by atoms with E-state index >= 15 is 0 Å². The van der Waals surface area contributed by atoms with E-state index in [-0.39, 0.29) is 28.8 Å². The highest BCUT2D eigenvalue weighted by atomic mass is 32.2. The van der Waals surface area contributed by atoms with Crippen LogP contribution in [0.15, 0.2) is 52.1 Å². The van der Waals surface area contributed by atoms with E-state index in [9.17, 15) is 26.8 Å². The number of esters is 1. The van der Waals surface area contributed by atoms with Crippen LogP contribution in [0, 0.1) is 19.8 Å². The van der Waals surface area contributed by atoms with Crippen LogP contribution in [0.2, 0.25) is 0 Å². The highest BCUT2D eigenvalue weighted by Gasteiger charge is 2.33. The Morgan fingerprint density at radius 2 is 1.78 bits per heavy atom. The molecule has 0 atom stereocenters. The van der Waals surface area contributed by atoms with E-state index in [1.54, 1.807) is 54.1 Å². The number of hydrogen-bond donors (Lipinski definition) is 0. The Kier molecular flexibility index (Phi) is 8.10. The largest absolute Gasteiger partial charge is 0.457 e. The maximum atomic E-state index is 12.9. The van der Waals surface area contributed by atoms with Gasteiger partial charge in [0.15, 0.2) is 6.61 Å². The first-order valence-corrected chi connectivity index (χ1v) is 13.9. The highest BCUT2D eigenvalue weighted by Crippen LogP contribution is 2.27. The molecule has 198 valence electrons. The van der Waals surface area contributed by atoms with Gasteiger partial charge in [0.25, 0.3) is 10.0 Å². The number of rotatable bonds is 9. The molecule has 0 unspecified atom stereocenters. The van der Waals surface area contributed by atoms with Crippen molar-refractivity contribution in [3.63, 3.8) is 0 Å². The SMILES string of the molecule is Cc1cc(C(=O)COC(=O)C2CCN(S(=O)(=O)c3cccs3)CC2)c(C)n1-c1ccc(OC(F)F)cc1. The van der Waals surface area contributed by atoms with Crippen LogP contribution in [0.5, 0.6) is 5.75 Å². The monoisotopic (exact) mass is 552 g/mol. The molecule has 0 saturated carbocycles. The fourth-order valence-electron chi connectivity index (χ4n) is 4.42. The molecular formula is C25H26F2N2O6S2. The maximum absolute atomic E-state index is 12.9. The van der Waals surface area contributed by atoms with Crippen molar-refractivity contribution < 1.29 is 36.3 Å². The van der Waals surface area contributed by atoms with Crippen LogP contribution in [-0.2, 0) is 19.6 Å². The van der Waals surface area contributed by atoms with Crippen LogP contribution in [-0.4, -0.2) is 55.4 Å². The molecule has 0 N–H and O–H groups in total. The molecule has 8 nitrogen and oxygen atoms in total. The summed E-state index contributed by atoms with van der Waals surface area (Å²) in [6.07, 6.45) is 0.634. The van der Waals surface area contributed by atoms with Gasteiger partial charge >= 0.3 is 12.6 Å². The van der Waals surface area contributed by atoms with Gasteiger partial charge in [-0.1, -0.05) is 6.07 Å². The molecule has 0 radical (unpaired) electrons. The van der Waals surface area contributed by atoms with Gasteiger partial charge in [-0.15, -0.1) is 11.3 Å². The molecule has 3 aromatic rings. The molecular weight excluding hydrogens is 526 g/mol. The van der Waals surface area contributed by atoms with Crippen molar-refractivity contribution in [3.05, 3.63) is 64.8 Å². The fourth-order valence-corrected chi connectivity index (χ4v) is 7.03. The summed E-state index contributed by atoms with van der Waals surface area (Å²) in [5.41, 5.74) is 2.41. The zero-order valence-corrected chi connectivity index (χ0v) is 21.9. The van der Waals surface area contributed by atoms with Gasteiger partial charge in [-0.3, -0.25) is 9.59 Å². The van der Waals surface area contributed by atoms with E-state index in [4.69, 9.17) is 4.74 Å². The number of aromatic nitrogens is 1. The maximum Gasteiger partial charge on any atom is 0.387 e. The number of halogens is 2. The second kappa shape index (κ2) is 11.1. The van der Waals surface area contributed by atoms with Crippen molar-refractivity contribution in [2.75, 3.05) is 19.7 Å². The lowest BCUT2D eigenvalue weighted by atomic mass is 9.98. The van der Waals surface area contributed by atoms with E-state index in [1.165, 1.54) is 16.4 Å². The third-order valence-electron chi connectivity index (χ3n) is 6.27. The number of hydrogen-bond acceptors (Lipinski definition) is 7. The minimum Gasteiger partial charge on any atom is -0.457 e. The molecule has 1 fully saturated rings. The molecule has 1 aliphatic heterocycles. The van der Waals surface area contributed by atoms with Gasteiger partial charge in [0.05, 0.1) is 5.92 Å². The average molecular weight is 553 g/mol. The van der Waals surface area contributed by atoms with Gasteiger partial charge in [0.2, 0.25) is 5.78 Å². The Labute approximate surface area is 217 Å². The molecule has 1 aromatic carbocycles. The molecule has 0 bridgehead atoms. The van der Waals surface area contributed by atoms with Crippen molar-refractivity contribution >= 4 is 33.1 Å². The quantitative estimate of drug-likeness (QED) is 0.285. The van der Waals surface area contributed by atoms with Crippen molar-refractivity contribution in [1.82, 2.24) is 8.87 Å². The number of nitrogens with zero attached hydrogens (tertiary/aromatic N) is 2. The molecule has 1 aliphatic rings. The van der Waals surface area contributed by atoms with E-state index < -0.39 is 35.1 Å². The first kappa shape index (κ1) is 27.0. The van der Waals surface area contributed by atoms with Crippen LogP contribution < -0.4 is 4.74 Å². The molecule has 2 aromatic heterocycles. The van der Waals surface area contributed by atoms with Gasteiger partial charge in [-0.05, 0) is 68.5 Å². The predicted molar refractivity (Wildman–Crippen MR) is 133 cm³/mol. The number of sulfonamides is 1. The molecule has 4 rings (SSSR count). The summed E-state index contributed by atoms with van der Waals surface area (Å²) in [5.74, 6) is -1.35. The standard InChI is InChI=1S/C25H26F2N2O6S2/c1-16-14-21(17(2)29(16)19-5-7-20(8-6-19)35-25(26)27)22(30)15-34-24(31)18-9-11-28(12-10-18)37(32,33)23-4-3-13-36-23/h3-8,13-14,18,25H,9-12,15H2,1-2H3. The molecule has 0 aliphatic carbocycles. The number of aryl methyl sites for hydroxylation is 1. The Hall–Kier alpha value is -3.09. The molecule has 1 saturated heterocycles. The van der Waals surface area contributed by atoms with Crippen LogP contribution >= 0.6 is 11.3 Å². The number of Topliss-reactive ketones (excluding diaryl/α,β-unsaturated/α-hetero) is 1. The number of piperidine rings is 1. The number of carbonyl (C=O) groups excluding carboxylic acids is 2. The molecule has 0 spiro atoms. The topological polar surface area (TPSA) is 94.9 Å². The molecule has 37 heavy (non-hydrogen) atoms. The summed E-state index contributed by atoms with van der Waals surface area (Å²) in [7, 11) is -3.56. The van der Waals surface area contributed by atoms with Crippen molar-refractivity contribution in [1.29, 1.82) is 0 Å².